The van der Waals surface area contributed by atoms with Crippen molar-refractivity contribution in [2.75, 3.05) is 0 Å². The second-order valence-corrected chi connectivity index (χ2v) is 3.45. The van der Waals surface area contributed by atoms with Crippen molar-refractivity contribution in [3.63, 3.8) is 0 Å². The zero-order valence-corrected chi connectivity index (χ0v) is 7.90. The van der Waals surface area contributed by atoms with Crippen LogP contribution in [-0.2, 0) is 6.73 Å². The molecule has 0 aliphatic carbocycles. The van der Waals surface area contributed by atoms with E-state index in [4.69, 9.17) is 4.74 Å². The van der Waals surface area contributed by atoms with Gasteiger partial charge in [-0.3, -0.25) is 4.57 Å². The molecule has 14 heavy (non-hydrogen) atoms. The Bertz CT molecular complexity index is 488. The van der Waals surface area contributed by atoms with E-state index in [0.717, 1.165) is 22.7 Å². The molecule has 1 aromatic heterocycles. The monoisotopic (exact) mass is 186 g/mol. The third kappa shape index (κ3) is 0.894. The summed E-state index contributed by atoms with van der Waals surface area (Å²) in [6, 6.07) is 6.12. The van der Waals surface area contributed by atoms with Gasteiger partial charge in [0.05, 0.1) is 5.56 Å². The molecule has 1 aromatic carbocycles. The third-order valence-electron chi connectivity index (χ3n) is 2.52. The Hall–Kier alpha value is -1.77. The molecular formula is C11H10N2O. The van der Waals surface area contributed by atoms with Crippen LogP contribution in [0.4, 0.5) is 0 Å². The van der Waals surface area contributed by atoms with Crippen molar-refractivity contribution < 1.29 is 4.74 Å². The topological polar surface area (TPSA) is 27.1 Å². The van der Waals surface area contributed by atoms with E-state index in [-0.39, 0.29) is 0 Å². The second-order valence-electron chi connectivity index (χ2n) is 3.45. The summed E-state index contributed by atoms with van der Waals surface area (Å²) in [7, 11) is 0. The molecule has 2 heterocycles. The lowest BCUT2D eigenvalue weighted by molar-refractivity contribution is 0.228. The van der Waals surface area contributed by atoms with Crippen molar-refractivity contribution in [2.24, 2.45) is 0 Å². The van der Waals surface area contributed by atoms with Crippen molar-refractivity contribution >= 4 is 0 Å². The number of fused-ring (bicyclic) bond motifs is 3. The molecule has 0 radical (unpaired) electrons. The predicted octanol–water partition coefficient (Wildman–Crippen LogP) is 2.21. The number of ether oxygens (including phenoxy) is 1. The predicted molar refractivity (Wildman–Crippen MR) is 53.0 cm³/mol. The SMILES string of the molecule is Cc1cccc2c1OCn1ccnc1-2. The van der Waals surface area contributed by atoms with Crippen LogP contribution in [0.2, 0.25) is 0 Å². The molecule has 3 rings (SSSR count). The summed E-state index contributed by atoms with van der Waals surface area (Å²) in [6.45, 7) is 2.62. The maximum atomic E-state index is 5.66. The van der Waals surface area contributed by atoms with Crippen LogP contribution in [0.1, 0.15) is 5.56 Å². The summed E-state index contributed by atoms with van der Waals surface area (Å²) in [5.74, 6) is 1.96. The molecule has 3 heteroatoms. The first kappa shape index (κ1) is 7.62. The number of para-hydroxylation sites is 1. The summed E-state index contributed by atoms with van der Waals surface area (Å²) >= 11 is 0. The van der Waals surface area contributed by atoms with Gasteiger partial charge in [0.15, 0.2) is 6.73 Å². The van der Waals surface area contributed by atoms with Gasteiger partial charge < -0.3 is 4.74 Å². The van der Waals surface area contributed by atoms with Crippen LogP contribution in [0.25, 0.3) is 11.4 Å². The van der Waals surface area contributed by atoms with Crippen molar-refractivity contribution in [1.82, 2.24) is 9.55 Å². The molecule has 3 nitrogen and oxygen atoms in total. The highest BCUT2D eigenvalue weighted by Crippen LogP contribution is 2.35. The second kappa shape index (κ2) is 2.61. The van der Waals surface area contributed by atoms with Crippen molar-refractivity contribution in [3.8, 4) is 17.1 Å². The van der Waals surface area contributed by atoms with Crippen LogP contribution in [0, 0.1) is 6.92 Å². The number of imidazole rings is 1. The molecule has 2 aromatic rings. The van der Waals surface area contributed by atoms with Crippen molar-refractivity contribution in [2.45, 2.75) is 13.7 Å². The summed E-state index contributed by atoms with van der Waals surface area (Å²) in [6.07, 6.45) is 3.73. The largest absolute Gasteiger partial charge is 0.472 e. The molecule has 70 valence electrons. The van der Waals surface area contributed by atoms with E-state index in [1.165, 1.54) is 0 Å². The van der Waals surface area contributed by atoms with Crippen LogP contribution >= 0.6 is 0 Å². The van der Waals surface area contributed by atoms with Gasteiger partial charge in [0, 0.05) is 12.4 Å². The molecular weight excluding hydrogens is 176 g/mol. The fourth-order valence-corrected chi connectivity index (χ4v) is 1.81. The molecule has 0 atom stereocenters. The molecule has 1 aliphatic rings. The Labute approximate surface area is 82.0 Å². The first-order chi connectivity index (χ1) is 6.86. The Balaban J connectivity index is 2.31. The number of aryl methyl sites for hydroxylation is 1. The summed E-state index contributed by atoms with van der Waals surface area (Å²) in [4.78, 5) is 4.32. The quantitative estimate of drug-likeness (QED) is 0.630. The van der Waals surface area contributed by atoms with E-state index in [2.05, 4.69) is 18.0 Å². The van der Waals surface area contributed by atoms with E-state index in [0.29, 0.717) is 6.73 Å². The van der Waals surface area contributed by atoms with E-state index in [1.807, 2.05) is 22.9 Å². The summed E-state index contributed by atoms with van der Waals surface area (Å²) < 4.78 is 7.66. The molecule has 0 saturated carbocycles. The minimum absolute atomic E-state index is 0.563. The van der Waals surface area contributed by atoms with Crippen LogP contribution in [0.15, 0.2) is 30.6 Å². The Kier molecular flexibility index (Phi) is 1.42. The standard InChI is InChI=1S/C11H10N2O/c1-8-3-2-4-9-10(8)14-7-13-6-5-12-11(9)13/h2-6H,7H2,1H3. The first-order valence-corrected chi connectivity index (χ1v) is 4.60. The van der Waals surface area contributed by atoms with Crippen LogP contribution in [-0.4, -0.2) is 9.55 Å². The van der Waals surface area contributed by atoms with Gasteiger partial charge in [0.2, 0.25) is 0 Å². The highest BCUT2D eigenvalue weighted by Gasteiger charge is 2.18. The van der Waals surface area contributed by atoms with E-state index >= 15 is 0 Å². The number of benzene rings is 1. The fourth-order valence-electron chi connectivity index (χ4n) is 1.81. The van der Waals surface area contributed by atoms with Crippen molar-refractivity contribution in [1.29, 1.82) is 0 Å². The zero-order chi connectivity index (χ0) is 9.54. The lowest BCUT2D eigenvalue weighted by atomic mass is 10.1. The highest BCUT2D eigenvalue weighted by atomic mass is 16.5. The van der Waals surface area contributed by atoms with Crippen LogP contribution in [0.3, 0.4) is 0 Å². The third-order valence-corrected chi connectivity index (χ3v) is 2.52. The molecule has 0 saturated heterocycles. The van der Waals surface area contributed by atoms with Gasteiger partial charge in [-0.05, 0) is 18.6 Å². The van der Waals surface area contributed by atoms with Gasteiger partial charge in [0.25, 0.3) is 0 Å². The lowest BCUT2D eigenvalue weighted by Gasteiger charge is -2.20. The maximum absolute atomic E-state index is 5.66. The summed E-state index contributed by atoms with van der Waals surface area (Å²) in [5.41, 5.74) is 2.25. The van der Waals surface area contributed by atoms with Gasteiger partial charge in [-0.25, -0.2) is 4.98 Å². The van der Waals surface area contributed by atoms with Gasteiger partial charge in [0.1, 0.15) is 11.6 Å². The van der Waals surface area contributed by atoms with Crippen LogP contribution in [0.5, 0.6) is 5.75 Å². The minimum atomic E-state index is 0.563. The van der Waals surface area contributed by atoms with Crippen LogP contribution < -0.4 is 4.74 Å². The number of rotatable bonds is 0. The average Bonchev–Trinajstić information content (AvgIpc) is 2.66. The van der Waals surface area contributed by atoms with Crippen molar-refractivity contribution in [3.05, 3.63) is 36.2 Å². The minimum Gasteiger partial charge on any atom is -0.472 e. The molecule has 0 amide bonds. The maximum Gasteiger partial charge on any atom is 0.166 e. The zero-order valence-electron chi connectivity index (χ0n) is 7.90. The molecule has 0 bridgehead atoms. The Morgan fingerprint density at radius 1 is 1.43 bits per heavy atom. The number of hydrogen-bond acceptors (Lipinski definition) is 2. The molecule has 1 aliphatic heterocycles. The van der Waals surface area contributed by atoms with Gasteiger partial charge >= 0.3 is 0 Å². The summed E-state index contributed by atoms with van der Waals surface area (Å²) in [5, 5.41) is 0. The van der Waals surface area contributed by atoms with Gasteiger partial charge in [-0.1, -0.05) is 12.1 Å². The molecule has 0 unspecified atom stereocenters. The first-order valence-electron chi connectivity index (χ1n) is 4.60. The normalized spacial score (nSPS) is 12.9. The number of aromatic nitrogens is 2. The fraction of sp³-hybridized carbons (Fsp3) is 0.182. The number of nitrogens with zero attached hydrogens (tertiary/aromatic N) is 2. The Morgan fingerprint density at radius 2 is 2.36 bits per heavy atom. The van der Waals surface area contributed by atoms with E-state index in [9.17, 15) is 0 Å². The lowest BCUT2D eigenvalue weighted by Crippen LogP contribution is -2.12. The number of hydrogen-bond donors (Lipinski definition) is 0. The van der Waals surface area contributed by atoms with Gasteiger partial charge in [-0.2, -0.15) is 0 Å². The molecule has 0 spiro atoms. The molecule has 0 N–H and O–H groups in total. The van der Waals surface area contributed by atoms with E-state index in [1.54, 1.807) is 6.20 Å². The van der Waals surface area contributed by atoms with Gasteiger partial charge in [-0.15, -0.1) is 0 Å². The average molecular weight is 186 g/mol. The molecule has 0 fully saturated rings. The smallest absolute Gasteiger partial charge is 0.166 e. The Morgan fingerprint density at radius 3 is 3.29 bits per heavy atom. The highest BCUT2D eigenvalue weighted by molar-refractivity contribution is 5.67. The van der Waals surface area contributed by atoms with E-state index < -0.39 is 0 Å².